The van der Waals surface area contributed by atoms with Gasteiger partial charge in [-0.3, -0.25) is 0 Å². The monoisotopic (exact) mass is 437 g/mol. The van der Waals surface area contributed by atoms with Crippen LogP contribution >= 0.6 is 11.6 Å². The number of halogens is 1. The highest BCUT2D eigenvalue weighted by Crippen LogP contribution is 2.28. The molecule has 32 heavy (non-hydrogen) atoms. The van der Waals surface area contributed by atoms with Crippen molar-refractivity contribution in [1.82, 2.24) is 15.0 Å². The SMILES string of the molecule is Cc1ccc2cc(/C=N\Nc3nc(-c4ccccc4)c4cc(C)ccc4n3)c(Cl)nc2c1. The minimum atomic E-state index is 0.397. The van der Waals surface area contributed by atoms with E-state index in [9.17, 15) is 0 Å². The standard InChI is InChI=1S/C26H20ClN5/c1-16-9-11-22-21(12-16)24(18-6-4-3-5-7-18)31-26(30-22)32-28-15-20-14-19-10-8-17(2)13-23(19)29-25(20)27/h3-15H,1-2H3,(H,30,31,32)/b28-15-. The Morgan fingerprint density at radius 1 is 0.812 bits per heavy atom. The predicted molar refractivity (Wildman–Crippen MR) is 132 cm³/mol. The molecule has 156 valence electrons. The van der Waals surface area contributed by atoms with E-state index in [-0.39, 0.29) is 0 Å². The average Bonchev–Trinajstić information content (AvgIpc) is 2.80. The van der Waals surface area contributed by atoms with Gasteiger partial charge >= 0.3 is 0 Å². The molecule has 0 unspecified atom stereocenters. The van der Waals surface area contributed by atoms with Gasteiger partial charge in [-0.05, 0) is 43.7 Å². The van der Waals surface area contributed by atoms with E-state index in [0.29, 0.717) is 11.1 Å². The maximum atomic E-state index is 6.37. The lowest BCUT2D eigenvalue weighted by Crippen LogP contribution is -2.00. The van der Waals surface area contributed by atoms with Gasteiger partial charge in [0.1, 0.15) is 5.15 Å². The number of aryl methyl sites for hydroxylation is 2. The van der Waals surface area contributed by atoms with Crippen LogP contribution in [0.5, 0.6) is 0 Å². The van der Waals surface area contributed by atoms with Crippen molar-refractivity contribution in [2.24, 2.45) is 5.10 Å². The van der Waals surface area contributed by atoms with Gasteiger partial charge in [-0.2, -0.15) is 5.10 Å². The Balaban J connectivity index is 1.50. The second-order valence-corrected chi connectivity index (χ2v) is 8.08. The Morgan fingerprint density at radius 2 is 1.59 bits per heavy atom. The second kappa shape index (κ2) is 8.36. The summed E-state index contributed by atoms with van der Waals surface area (Å²) in [6.07, 6.45) is 1.64. The molecule has 1 N–H and O–H groups in total. The lowest BCUT2D eigenvalue weighted by atomic mass is 10.0. The molecular weight excluding hydrogens is 418 g/mol. The molecule has 0 aliphatic heterocycles. The van der Waals surface area contributed by atoms with Gasteiger partial charge in [-0.25, -0.2) is 20.4 Å². The zero-order chi connectivity index (χ0) is 22.1. The van der Waals surface area contributed by atoms with E-state index in [1.165, 1.54) is 0 Å². The Kier molecular flexibility index (Phi) is 5.25. The van der Waals surface area contributed by atoms with E-state index in [4.69, 9.17) is 16.6 Å². The van der Waals surface area contributed by atoms with Crippen molar-refractivity contribution in [3.05, 3.63) is 94.6 Å². The summed E-state index contributed by atoms with van der Waals surface area (Å²) >= 11 is 6.37. The van der Waals surface area contributed by atoms with Crippen molar-refractivity contribution in [3.8, 4) is 11.3 Å². The summed E-state index contributed by atoms with van der Waals surface area (Å²) in [5.41, 5.74) is 9.57. The third-order valence-corrected chi connectivity index (χ3v) is 5.52. The zero-order valence-electron chi connectivity index (χ0n) is 17.7. The number of nitrogens with zero attached hydrogens (tertiary/aromatic N) is 4. The van der Waals surface area contributed by atoms with Gasteiger partial charge in [0.25, 0.3) is 0 Å². The number of fused-ring (bicyclic) bond motifs is 2. The topological polar surface area (TPSA) is 63.1 Å². The van der Waals surface area contributed by atoms with E-state index >= 15 is 0 Å². The minimum Gasteiger partial charge on any atom is -0.245 e. The predicted octanol–water partition coefficient (Wildman–Crippen LogP) is 6.56. The normalized spacial score (nSPS) is 11.5. The molecule has 0 aliphatic carbocycles. The summed E-state index contributed by atoms with van der Waals surface area (Å²) in [5, 5.41) is 6.74. The van der Waals surface area contributed by atoms with E-state index in [0.717, 1.165) is 49.8 Å². The first-order valence-electron chi connectivity index (χ1n) is 10.3. The highest BCUT2D eigenvalue weighted by atomic mass is 35.5. The summed E-state index contributed by atoms with van der Waals surface area (Å²) in [5.74, 6) is 0.414. The van der Waals surface area contributed by atoms with Crippen molar-refractivity contribution < 1.29 is 0 Å². The van der Waals surface area contributed by atoms with Gasteiger partial charge in [0.15, 0.2) is 0 Å². The molecule has 0 saturated heterocycles. The maximum Gasteiger partial charge on any atom is 0.244 e. The van der Waals surface area contributed by atoms with Crippen LogP contribution in [0.4, 0.5) is 5.95 Å². The van der Waals surface area contributed by atoms with Gasteiger partial charge < -0.3 is 0 Å². The molecule has 0 saturated carbocycles. The van der Waals surface area contributed by atoms with E-state index in [1.807, 2.05) is 73.7 Å². The molecule has 0 fully saturated rings. The third-order valence-electron chi connectivity index (χ3n) is 5.22. The molecule has 5 nitrogen and oxygen atoms in total. The number of hydrogen-bond donors (Lipinski definition) is 1. The number of anilines is 1. The zero-order valence-corrected chi connectivity index (χ0v) is 18.4. The number of hydrogen-bond acceptors (Lipinski definition) is 5. The van der Waals surface area contributed by atoms with Crippen molar-refractivity contribution in [1.29, 1.82) is 0 Å². The van der Waals surface area contributed by atoms with Crippen LogP contribution in [0.15, 0.2) is 77.9 Å². The van der Waals surface area contributed by atoms with E-state index in [2.05, 4.69) is 33.5 Å². The summed E-state index contributed by atoms with van der Waals surface area (Å²) in [7, 11) is 0. The van der Waals surface area contributed by atoms with E-state index < -0.39 is 0 Å². The van der Waals surface area contributed by atoms with Crippen molar-refractivity contribution in [2.75, 3.05) is 5.43 Å². The third kappa shape index (κ3) is 4.03. The molecule has 2 heterocycles. The quantitative estimate of drug-likeness (QED) is 0.196. The van der Waals surface area contributed by atoms with Gasteiger partial charge in [0.2, 0.25) is 5.95 Å². The highest BCUT2D eigenvalue weighted by Gasteiger charge is 2.10. The number of pyridine rings is 1. The van der Waals surface area contributed by atoms with Crippen LogP contribution < -0.4 is 5.43 Å². The molecular formula is C26H20ClN5. The minimum absolute atomic E-state index is 0.397. The Morgan fingerprint density at radius 3 is 2.44 bits per heavy atom. The molecule has 2 aromatic heterocycles. The Labute approximate surface area is 190 Å². The number of hydrazone groups is 1. The second-order valence-electron chi connectivity index (χ2n) is 7.72. The van der Waals surface area contributed by atoms with Crippen molar-refractivity contribution >= 4 is 45.6 Å². The van der Waals surface area contributed by atoms with Crippen LogP contribution in [0.1, 0.15) is 16.7 Å². The molecule has 0 amide bonds. The smallest absolute Gasteiger partial charge is 0.244 e. The Hall–Kier alpha value is -3.83. The number of benzene rings is 3. The van der Waals surface area contributed by atoms with Crippen LogP contribution in [0.25, 0.3) is 33.1 Å². The van der Waals surface area contributed by atoms with Crippen LogP contribution in [-0.2, 0) is 0 Å². The summed E-state index contributed by atoms with van der Waals surface area (Å²) in [4.78, 5) is 13.9. The number of nitrogens with one attached hydrogen (secondary N) is 1. The lowest BCUT2D eigenvalue weighted by Gasteiger charge is -2.09. The van der Waals surface area contributed by atoms with Crippen molar-refractivity contribution in [3.63, 3.8) is 0 Å². The van der Waals surface area contributed by atoms with Crippen LogP contribution in [0.2, 0.25) is 5.15 Å². The largest absolute Gasteiger partial charge is 0.245 e. The summed E-state index contributed by atoms with van der Waals surface area (Å²) in [6.45, 7) is 4.09. The Bertz CT molecular complexity index is 1480. The van der Waals surface area contributed by atoms with Gasteiger partial charge in [0.05, 0.1) is 22.9 Å². The molecule has 6 heteroatoms. The van der Waals surface area contributed by atoms with E-state index in [1.54, 1.807) is 6.21 Å². The fraction of sp³-hybridized carbons (Fsp3) is 0.0769. The van der Waals surface area contributed by atoms with Crippen LogP contribution in [-0.4, -0.2) is 21.2 Å². The summed E-state index contributed by atoms with van der Waals surface area (Å²) < 4.78 is 0. The van der Waals surface area contributed by atoms with Crippen molar-refractivity contribution in [2.45, 2.75) is 13.8 Å². The fourth-order valence-electron chi connectivity index (χ4n) is 3.63. The fourth-order valence-corrected chi connectivity index (χ4v) is 3.82. The number of rotatable bonds is 4. The molecule has 3 aromatic carbocycles. The maximum absolute atomic E-state index is 6.37. The van der Waals surface area contributed by atoms with Gasteiger partial charge in [-0.1, -0.05) is 65.7 Å². The van der Waals surface area contributed by atoms with Crippen LogP contribution in [0.3, 0.4) is 0 Å². The number of aromatic nitrogens is 3. The lowest BCUT2D eigenvalue weighted by molar-refractivity contribution is 1.15. The summed E-state index contributed by atoms with van der Waals surface area (Å²) in [6, 6.07) is 24.3. The molecule has 5 rings (SSSR count). The van der Waals surface area contributed by atoms with Gasteiger partial charge in [0, 0.05) is 21.9 Å². The molecule has 0 spiro atoms. The molecule has 0 aliphatic rings. The molecule has 0 radical (unpaired) electrons. The first-order chi connectivity index (χ1) is 15.6. The van der Waals surface area contributed by atoms with Crippen LogP contribution in [0, 0.1) is 13.8 Å². The molecule has 0 bridgehead atoms. The first-order valence-corrected chi connectivity index (χ1v) is 10.6. The highest BCUT2D eigenvalue weighted by molar-refractivity contribution is 6.32. The molecule has 5 aromatic rings. The first kappa shape index (κ1) is 20.1. The average molecular weight is 438 g/mol. The molecule has 0 atom stereocenters. The van der Waals surface area contributed by atoms with Gasteiger partial charge in [-0.15, -0.1) is 0 Å².